The van der Waals surface area contributed by atoms with Crippen LogP contribution >= 0.6 is 34.5 Å². The Balaban J connectivity index is 1.53. The van der Waals surface area contributed by atoms with Gasteiger partial charge in [-0.05, 0) is 54.9 Å². The normalized spacial score (nSPS) is 22.8. The number of amides is 1. The summed E-state index contributed by atoms with van der Waals surface area (Å²) in [6, 6.07) is 15.6. The number of nitrogens with one attached hydrogen (secondary N) is 1. The number of halogens is 2. The summed E-state index contributed by atoms with van der Waals surface area (Å²) in [7, 11) is 0. The Morgan fingerprint density at radius 2 is 1.90 bits per heavy atom. The second-order valence-electron chi connectivity index (χ2n) is 7.94. The predicted octanol–water partition coefficient (Wildman–Crippen LogP) is 6.70. The summed E-state index contributed by atoms with van der Waals surface area (Å²) in [5.41, 5.74) is 2.45. The summed E-state index contributed by atoms with van der Waals surface area (Å²) in [6.07, 6.45) is 4.89. The van der Waals surface area contributed by atoms with E-state index in [9.17, 15) is 4.79 Å². The van der Waals surface area contributed by atoms with E-state index in [0.717, 1.165) is 28.3 Å². The minimum atomic E-state index is -0.0888. The van der Waals surface area contributed by atoms with Crippen LogP contribution in [0.25, 0.3) is 21.7 Å². The third-order valence-corrected chi connectivity index (χ3v) is 7.76. The lowest BCUT2D eigenvalue weighted by Gasteiger charge is -2.22. The quantitative estimate of drug-likeness (QED) is 0.487. The van der Waals surface area contributed by atoms with Gasteiger partial charge in [-0.3, -0.25) is 4.79 Å². The molecule has 2 aliphatic rings. The molecule has 2 aliphatic carbocycles. The van der Waals surface area contributed by atoms with Gasteiger partial charge in [0.15, 0.2) is 5.01 Å². The van der Waals surface area contributed by atoms with Gasteiger partial charge in [0.25, 0.3) is 5.91 Å². The number of carbonyl (C=O) groups is 1. The van der Waals surface area contributed by atoms with Gasteiger partial charge in [0.05, 0.1) is 15.6 Å². The van der Waals surface area contributed by atoms with Gasteiger partial charge < -0.3 is 5.32 Å². The molecule has 3 atom stereocenters. The first-order valence-corrected chi connectivity index (χ1v) is 11.5. The highest BCUT2D eigenvalue weighted by Gasteiger charge is 2.40. The Morgan fingerprint density at radius 3 is 2.62 bits per heavy atom. The fourth-order valence-corrected chi connectivity index (χ4v) is 6.08. The monoisotopic (exact) mass is 442 g/mol. The molecular formula is C23H20Cl2N2OS. The van der Waals surface area contributed by atoms with Crippen molar-refractivity contribution in [2.24, 2.45) is 11.8 Å². The topological polar surface area (TPSA) is 42.0 Å². The number of carbonyl (C=O) groups excluding carboxylic acids is 1. The SMILES string of the molecule is O=C(N[C@H]1C[C@@H]2CC[C@H]1C2)c1nc(-c2cc(Cl)ccc2Cl)c(-c2ccccc2)s1. The highest BCUT2D eigenvalue weighted by molar-refractivity contribution is 7.17. The van der Waals surface area contributed by atoms with E-state index in [4.69, 9.17) is 28.2 Å². The molecule has 0 radical (unpaired) electrons. The summed E-state index contributed by atoms with van der Waals surface area (Å²) in [4.78, 5) is 18.7. The largest absolute Gasteiger partial charge is 0.347 e. The fourth-order valence-electron chi connectivity index (χ4n) is 4.72. The van der Waals surface area contributed by atoms with E-state index in [1.807, 2.05) is 36.4 Å². The molecule has 1 aromatic heterocycles. The fraction of sp³-hybridized carbons (Fsp3) is 0.304. The second kappa shape index (κ2) is 7.75. The van der Waals surface area contributed by atoms with Crippen LogP contribution in [0, 0.1) is 11.8 Å². The summed E-state index contributed by atoms with van der Waals surface area (Å²) in [6.45, 7) is 0. The smallest absolute Gasteiger partial charge is 0.280 e. The maximum atomic E-state index is 13.0. The summed E-state index contributed by atoms with van der Waals surface area (Å²) >= 11 is 14.1. The van der Waals surface area contributed by atoms with Gasteiger partial charge in [-0.15, -0.1) is 11.3 Å². The van der Waals surface area contributed by atoms with Gasteiger partial charge in [0, 0.05) is 16.6 Å². The Morgan fingerprint density at radius 1 is 1.07 bits per heavy atom. The highest BCUT2D eigenvalue weighted by Crippen LogP contribution is 2.45. The Hall–Kier alpha value is -1.88. The number of hydrogen-bond donors (Lipinski definition) is 1. The minimum Gasteiger partial charge on any atom is -0.347 e. The van der Waals surface area contributed by atoms with Crippen molar-refractivity contribution in [2.45, 2.75) is 31.7 Å². The molecule has 3 aromatic rings. The van der Waals surface area contributed by atoms with Crippen LogP contribution in [0.1, 0.15) is 35.5 Å². The molecule has 1 amide bonds. The lowest BCUT2D eigenvalue weighted by Crippen LogP contribution is -2.38. The lowest BCUT2D eigenvalue weighted by atomic mass is 9.95. The molecule has 1 heterocycles. The lowest BCUT2D eigenvalue weighted by molar-refractivity contribution is 0.0922. The average Bonchev–Trinajstić information content (AvgIpc) is 3.46. The van der Waals surface area contributed by atoms with Crippen molar-refractivity contribution in [1.82, 2.24) is 10.3 Å². The minimum absolute atomic E-state index is 0.0888. The van der Waals surface area contributed by atoms with Crippen molar-refractivity contribution in [3.63, 3.8) is 0 Å². The summed E-state index contributed by atoms with van der Waals surface area (Å²) < 4.78 is 0. The molecule has 5 rings (SSSR count). The van der Waals surface area contributed by atoms with Gasteiger partial charge in [0.1, 0.15) is 0 Å². The zero-order valence-corrected chi connectivity index (χ0v) is 18.0. The molecule has 1 N–H and O–H groups in total. The van der Waals surface area contributed by atoms with E-state index < -0.39 is 0 Å². The standard InChI is InChI=1S/C23H20Cl2N2OS/c24-16-8-9-18(25)17(12-16)20-21(14-4-2-1-3-5-14)29-23(27-20)22(28)26-19-11-13-6-7-15(19)10-13/h1-5,8-9,12-13,15,19H,6-7,10-11H2,(H,26,28)/t13-,15+,19+/m1/s1. The van der Waals surface area contributed by atoms with Crippen LogP contribution in [0.3, 0.4) is 0 Å². The van der Waals surface area contributed by atoms with E-state index in [1.54, 1.807) is 12.1 Å². The van der Waals surface area contributed by atoms with Gasteiger partial charge in [-0.2, -0.15) is 0 Å². The number of hydrogen-bond acceptors (Lipinski definition) is 3. The van der Waals surface area contributed by atoms with Gasteiger partial charge >= 0.3 is 0 Å². The summed E-state index contributed by atoms with van der Waals surface area (Å²) in [5.74, 6) is 1.32. The molecule has 29 heavy (non-hydrogen) atoms. The van der Waals surface area contributed by atoms with E-state index in [-0.39, 0.29) is 11.9 Å². The third kappa shape index (κ3) is 3.70. The predicted molar refractivity (Wildman–Crippen MR) is 120 cm³/mol. The molecule has 3 nitrogen and oxygen atoms in total. The number of rotatable bonds is 4. The van der Waals surface area contributed by atoms with Crippen molar-refractivity contribution >= 4 is 40.4 Å². The first-order valence-electron chi connectivity index (χ1n) is 9.91. The first-order chi connectivity index (χ1) is 14.1. The first kappa shape index (κ1) is 19.1. The zero-order valence-electron chi connectivity index (χ0n) is 15.7. The van der Waals surface area contributed by atoms with Crippen molar-refractivity contribution in [2.75, 3.05) is 0 Å². The molecule has 2 bridgehead atoms. The van der Waals surface area contributed by atoms with Crippen molar-refractivity contribution < 1.29 is 4.79 Å². The number of fused-ring (bicyclic) bond motifs is 2. The van der Waals surface area contributed by atoms with Crippen molar-refractivity contribution in [1.29, 1.82) is 0 Å². The van der Waals surface area contributed by atoms with Crippen LogP contribution in [0.15, 0.2) is 48.5 Å². The van der Waals surface area contributed by atoms with Crippen LogP contribution in [0.2, 0.25) is 10.0 Å². The Bertz CT molecular complexity index is 1070. The number of aromatic nitrogens is 1. The molecule has 2 aromatic carbocycles. The molecule has 2 saturated carbocycles. The van der Waals surface area contributed by atoms with Crippen LogP contribution in [-0.4, -0.2) is 16.9 Å². The number of benzene rings is 2. The summed E-state index contributed by atoms with van der Waals surface area (Å²) in [5, 5.41) is 4.87. The van der Waals surface area contributed by atoms with Gasteiger partial charge in [-0.25, -0.2) is 4.98 Å². The van der Waals surface area contributed by atoms with E-state index in [2.05, 4.69) is 5.32 Å². The number of nitrogens with zero attached hydrogens (tertiary/aromatic N) is 1. The van der Waals surface area contributed by atoms with Crippen LogP contribution in [-0.2, 0) is 0 Å². The molecule has 2 fully saturated rings. The van der Waals surface area contributed by atoms with Crippen molar-refractivity contribution in [3.8, 4) is 21.7 Å². The van der Waals surface area contributed by atoms with E-state index in [1.165, 1.54) is 30.6 Å². The molecule has 0 unspecified atom stereocenters. The van der Waals surface area contributed by atoms with Crippen LogP contribution in [0.4, 0.5) is 0 Å². The van der Waals surface area contributed by atoms with Gasteiger partial charge in [0.2, 0.25) is 0 Å². The average molecular weight is 443 g/mol. The maximum absolute atomic E-state index is 13.0. The Labute approximate surface area is 184 Å². The molecule has 0 aliphatic heterocycles. The van der Waals surface area contributed by atoms with Gasteiger partial charge in [-0.1, -0.05) is 60.0 Å². The highest BCUT2D eigenvalue weighted by atomic mass is 35.5. The zero-order chi connectivity index (χ0) is 20.0. The van der Waals surface area contributed by atoms with Crippen LogP contribution < -0.4 is 5.32 Å². The molecule has 148 valence electrons. The van der Waals surface area contributed by atoms with E-state index in [0.29, 0.717) is 26.7 Å². The van der Waals surface area contributed by atoms with E-state index >= 15 is 0 Å². The maximum Gasteiger partial charge on any atom is 0.280 e. The number of thiazole rings is 1. The molecule has 0 saturated heterocycles. The molecular weight excluding hydrogens is 423 g/mol. The van der Waals surface area contributed by atoms with Crippen molar-refractivity contribution in [3.05, 3.63) is 63.6 Å². The molecule has 0 spiro atoms. The van der Waals surface area contributed by atoms with Crippen LogP contribution in [0.5, 0.6) is 0 Å². The third-order valence-electron chi connectivity index (χ3n) is 6.10. The second-order valence-corrected chi connectivity index (χ2v) is 9.78. The molecule has 6 heteroatoms. The Kier molecular flexibility index (Phi) is 5.10.